The lowest BCUT2D eigenvalue weighted by molar-refractivity contribution is -0.00659. The number of nitrogens with zero attached hydrogens (tertiary/aromatic N) is 1. The molecule has 0 N–H and O–H groups in total. The van der Waals surface area contributed by atoms with Crippen molar-refractivity contribution in [2.45, 2.75) is 77.2 Å². The molecular formula is C21H32FNO. The Morgan fingerprint density at radius 3 is 2.38 bits per heavy atom. The highest BCUT2D eigenvalue weighted by atomic mass is 19.1. The number of nitriles is 1. The monoisotopic (exact) mass is 333 g/mol. The van der Waals surface area contributed by atoms with Gasteiger partial charge in [0.25, 0.3) is 0 Å². The first-order valence-electron chi connectivity index (χ1n) is 9.77. The summed E-state index contributed by atoms with van der Waals surface area (Å²) in [4.78, 5) is 0. The third kappa shape index (κ3) is 6.77. The Kier molecular flexibility index (Phi) is 8.53. The minimum atomic E-state index is -0.725. The summed E-state index contributed by atoms with van der Waals surface area (Å²) in [6, 6.07) is 1.49. The zero-order chi connectivity index (χ0) is 17.2. The predicted molar refractivity (Wildman–Crippen MR) is 96.0 cm³/mol. The molecule has 0 heterocycles. The molecule has 3 heteroatoms. The van der Waals surface area contributed by atoms with Crippen molar-refractivity contribution >= 4 is 0 Å². The molecule has 0 aliphatic heterocycles. The molecule has 0 aromatic carbocycles. The fourth-order valence-electron chi connectivity index (χ4n) is 4.15. The van der Waals surface area contributed by atoms with Gasteiger partial charge in [0.1, 0.15) is 6.07 Å². The van der Waals surface area contributed by atoms with Crippen LogP contribution >= 0.6 is 0 Å². The van der Waals surface area contributed by atoms with E-state index in [9.17, 15) is 4.39 Å². The SMILES string of the molecule is CCC[C@H]1CC[C@H](CO[C@H]2CC[C@H](C=CC=C(F)C#N)CC2)CC1. The van der Waals surface area contributed by atoms with Crippen molar-refractivity contribution < 1.29 is 9.13 Å². The van der Waals surface area contributed by atoms with Crippen molar-refractivity contribution in [3.63, 3.8) is 0 Å². The Hall–Kier alpha value is -1.14. The molecule has 0 spiro atoms. The van der Waals surface area contributed by atoms with Gasteiger partial charge in [-0.25, -0.2) is 0 Å². The van der Waals surface area contributed by atoms with Crippen molar-refractivity contribution in [2.75, 3.05) is 6.61 Å². The van der Waals surface area contributed by atoms with Crippen LogP contribution in [0.2, 0.25) is 0 Å². The van der Waals surface area contributed by atoms with E-state index < -0.39 is 5.83 Å². The van der Waals surface area contributed by atoms with Gasteiger partial charge in [0, 0.05) is 6.61 Å². The third-order valence-corrected chi connectivity index (χ3v) is 5.68. The number of rotatable bonds is 7. The zero-order valence-corrected chi connectivity index (χ0v) is 15.1. The van der Waals surface area contributed by atoms with Crippen LogP contribution in [-0.2, 0) is 4.74 Å². The summed E-state index contributed by atoms with van der Waals surface area (Å²) in [5.41, 5.74) is 0. The van der Waals surface area contributed by atoms with Crippen LogP contribution in [0.3, 0.4) is 0 Å². The standard InChI is InChI=1S/C21H32FNO/c1-2-4-17-7-9-19(10-8-17)16-24-21-13-11-18(12-14-21)5-3-6-20(22)15-23/h3,5-6,17-19,21H,2,4,7-14,16H2,1H3/t17-,18-,19-,21-. The minimum absolute atomic E-state index is 0.411. The van der Waals surface area contributed by atoms with E-state index >= 15 is 0 Å². The lowest BCUT2D eigenvalue weighted by Gasteiger charge is -2.31. The number of hydrogen-bond acceptors (Lipinski definition) is 2. The molecule has 2 rings (SSSR count). The first kappa shape index (κ1) is 19.2. The highest BCUT2D eigenvalue weighted by molar-refractivity contribution is 5.19. The minimum Gasteiger partial charge on any atom is -0.378 e. The van der Waals surface area contributed by atoms with Gasteiger partial charge < -0.3 is 4.74 Å². The van der Waals surface area contributed by atoms with Crippen molar-refractivity contribution in [1.29, 1.82) is 5.26 Å². The van der Waals surface area contributed by atoms with E-state index in [1.807, 2.05) is 6.08 Å². The summed E-state index contributed by atoms with van der Waals surface area (Å²) < 4.78 is 18.9. The molecule has 2 saturated carbocycles. The van der Waals surface area contributed by atoms with E-state index in [4.69, 9.17) is 10.00 Å². The Bertz CT molecular complexity index is 449. The van der Waals surface area contributed by atoms with Crippen LogP contribution in [0.15, 0.2) is 24.1 Å². The van der Waals surface area contributed by atoms with E-state index in [1.54, 1.807) is 6.08 Å². The number of hydrogen-bond donors (Lipinski definition) is 0. The molecule has 0 bridgehead atoms. The molecule has 2 aliphatic rings. The average Bonchev–Trinajstić information content (AvgIpc) is 2.62. The van der Waals surface area contributed by atoms with Crippen molar-refractivity contribution in [3.8, 4) is 6.07 Å². The molecule has 2 fully saturated rings. The van der Waals surface area contributed by atoms with E-state index in [1.165, 1.54) is 50.7 Å². The summed E-state index contributed by atoms with van der Waals surface area (Å²) >= 11 is 0. The predicted octanol–water partition coefficient (Wildman–Crippen LogP) is 6.10. The molecule has 0 aromatic rings. The molecule has 0 saturated heterocycles. The lowest BCUT2D eigenvalue weighted by atomic mass is 9.80. The maximum absolute atomic E-state index is 12.7. The highest BCUT2D eigenvalue weighted by Crippen LogP contribution is 2.33. The van der Waals surface area contributed by atoms with Gasteiger partial charge in [0.05, 0.1) is 6.10 Å². The van der Waals surface area contributed by atoms with Crippen LogP contribution < -0.4 is 0 Å². The second-order valence-corrected chi connectivity index (χ2v) is 7.56. The number of ether oxygens (including phenoxy) is 1. The van der Waals surface area contributed by atoms with Gasteiger partial charge in [0.2, 0.25) is 0 Å². The molecule has 0 amide bonds. The van der Waals surface area contributed by atoms with E-state index in [0.29, 0.717) is 12.0 Å². The fraction of sp³-hybridized carbons (Fsp3) is 0.762. The van der Waals surface area contributed by atoms with Crippen LogP contribution in [0.5, 0.6) is 0 Å². The first-order chi connectivity index (χ1) is 11.7. The first-order valence-corrected chi connectivity index (χ1v) is 9.77. The van der Waals surface area contributed by atoms with Crippen LogP contribution in [0.25, 0.3) is 0 Å². The van der Waals surface area contributed by atoms with Gasteiger partial charge in [-0.1, -0.05) is 44.8 Å². The average molecular weight is 333 g/mol. The molecule has 24 heavy (non-hydrogen) atoms. The Balaban J connectivity index is 1.59. The van der Waals surface area contributed by atoms with Gasteiger partial charge in [-0.15, -0.1) is 0 Å². The number of halogens is 1. The van der Waals surface area contributed by atoms with Gasteiger partial charge in [-0.05, 0) is 62.4 Å². The van der Waals surface area contributed by atoms with Crippen molar-refractivity contribution in [3.05, 3.63) is 24.1 Å². The topological polar surface area (TPSA) is 33.0 Å². The van der Waals surface area contributed by atoms with Crippen molar-refractivity contribution in [1.82, 2.24) is 0 Å². The van der Waals surface area contributed by atoms with Gasteiger partial charge in [0.15, 0.2) is 5.83 Å². The summed E-state index contributed by atoms with van der Waals surface area (Å²) in [7, 11) is 0. The zero-order valence-electron chi connectivity index (χ0n) is 15.1. The van der Waals surface area contributed by atoms with Gasteiger partial charge >= 0.3 is 0 Å². The molecule has 2 aliphatic carbocycles. The third-order valence-electron chi connectivity index (χ3n) is 5.68. The van der Waals surface area contributed by atoms with E-state index in [2.05, 4.69) is 6.92 Å². The second-order valence-electron chi connectivity index (χ2n) is 7.56. The van der Waals surface area contributed by atoms with E-state index in [0.717, 1.165) is 44.1 Å². The summed E-state index contributed by atoms with van der Waals surface area (Å²) in [5, 5.41) is 8.37. The Morgan fingerprint density at radius 2 is 1.75 bits per heavy atom. The highest BCUT2D eigenvalue weighted by Gasteiger charge is 2.24. The Labute approximate surface area is 146 Å². The van der Waals surface area contributed by atoms with Crippen LogP contribution in [-0.4, -0.2) is 12.7 Å². The molecule has 0 radical (unpaired) electrons. The molecular weight excluding hydrogens is 301 g/mol. The quantitative estimate of drug-likeness (QED) is 0.416. The smallest absolute Gasteiger partial charge is 0.199 e. The van der Waals surface area contributed by atoms with Crippen LogP contribution in [0.1, 0.15) is 71.1 Å². The molecule has 134 valence electrons. The molecule has 0 aromatic heterocycles. The Morgan fingerprint density at radius 1 is 1.08 bits per heavy atom. The molecule has 0 atom stereocenters. The number of allylic oxidation sites excluding steroid dienone is 4. The summed E-state index contributed by atoms with van der Waals surface area (Å²) in [6.07, 6.45) is 18.0. The molecule has 2 nitrogen and oxygen atoms in total. The van der Waals surface area contributed by atoms with Crippen LogP contribution in [0.4, 0.5) is 4.39 Å². The fourth-order valence-corrected chi connectivity index (χ4v) is 4.15. The largest absolute Gasteiger partial charge is 0.378 e. The summed E-state index contributed by atoms with van der Waals surface area (Å²) in [6.45, 7) is 3.23. The molecule has 0 unspecified atom stereocenters. The maximum atomic E-state index is 12.7. The van der Waals surface area contributed by atoms with Crippen molar-refractivity contribution in [2.24, 2.45) is 17.8 Å². The van der Waals surface area contributed by atoms with Crippen LogP contribution in [0, 0.1) is 29.1 Å². The lowest BCUT2D eigenvalue weighted by Crippen LogP contribution is -2.25. The second kappa shape index (κ2) is 10.7. The van der Waals surface area contributed by atoms with Gasteiger partial charge in [-0.3, -0.25) is 0 Å². The summed E-state index contributed by atoms with van der Waals surface area (Å²) in [5.74, 6) is 1.51. The normalized spacial score (nSPS) is 32.0. The van der Waals surface area contributed by atoms with Gasteiger partial charge in [-0.2, -0.15) is 9.65 Å². The van der Waals surface area contributed by atoms with E-state index in [-0.39, 0.29) is 0 Å². The maximum Gasteiger partial charge on any atom is 0.199 e.